The van der Waals surface area contributed by atoms with E-state index in [1.165, 1.54) is 0 Å². The maximum atomic E-state index is 16.7. The third kappa shape index (κ3) is 5.24. The van der Waals surface area contributed by atoms with Gasteiger partial charge < -0.3 is 25.4 Å². The smallest absolute Gasteiger partial charge is 0.417 e. The molecule has 248 valence electrons. The molecule has 2 saturated heterocycles. The second kappa shape index (κ2) is 11.0. The van der Waals surface area contributed by atoms with E-state index in [9.17, 15) is 22.0 Å². The van der Waals surface area contributed by atoms with Gasteiger partial charge in [-0.25, -0.2) is 18.2 Å². The van der Waals surface area contributed by atoms with Crippen molar-refractivity contribution in [1.29, 1.82) is 0 Å². The molecule has 0 radical (unpaired) electrons. The zero-order valence-corrected chi connectivity index (χ0v) is 25.6. The first kappa shape index (κ1) is 31.0. The number of alkyl halides is 4. The van der Waals surface area contributed by atoms with Gasteiger partial charge in [-0.15, -0.1) is 0 Å². The maximum Gasteiger partial charge on any atom is 0.417 e. The third-order valence-electron chi connectivity index (χ3n) is 9.75. The molecular weight excluding hydrogens is 616 g/mol. The van der Waals surface area contributed by atoms with Crippen LogP contribution < -0.4 is 25.4 Å². The Labute approximate surface area is 261 Å². The SMILES string of the molecule is CC[C@@H]1CN2c3nc(OCC4(CN5CC(F)C5)CC4)nc4c(F)c(-c5cc(N)c(F)c(C)c5C(F)(F)F)nc(c34)O[C@@H](C)[C@@H]2CN1. The highest BCUT2D eigenvalue weighted by Gasteiger charge is 2.47. The summed E-state index contributed by atoms with van der Waals surface area (Å²) in [6, 6.07) is 0.399. The summed E-state index contributed by atoms with van der Waals surface area (Å²) in [6.07, 6.45) is -3.89. The summed E-state index contributed by atoms with van der Waals surface area (Å²) in [7, 11) is 0. The number of ether oxygens (including phenoxy) is 2. The number of benzene rings is 1. The summed E-state index contributed by atoms with van der Waals surface area (Å²) < 4.78 is 100. The Kier molecular flexibility index (Phi) is 7.42. The van der Waals surface area contributed by atoms with Crippen molar-refractivity contribution in [2.24, 2.45) is 5.41 Å². The van der Waals surface area contributed by atoms with Crippen molar-refractivity contribution in [2.45, 2.75) is 70.6 Å². The van der Waals surface area contributed by atoms with Gasteiger partial charge in [-0.2, -0.15) is 23.1 Å². The monoisotopic (exact) mass is 651 g/mol. The Morgan fingerprint density at radius 3 is 2.52 bits per heavy atom. The van der Waals surface area contributed by atoms with Gasteiger partial charge in [-0.1, -0.05) is 6.92 Å². The number of nitrogen functional groups attached to an aromatic ring is 1. The standard InChI is InChI=1S/C31H35F6N7O2/c1-4-17-11-44-20(8-39-17)15(3)46-28-21-26(24(34)25(40-28)18-7-19(38)23(33)14(2)22(18)31(35,36)37)41-29(42-27(21)44)45-13-30(5-6-30)12-43-9-16(32)10-43/h7,15-17,20,39H,4-6,8-13,38H2,1-3H3/t15-,17+,20-/m0/s1. The Morgan fingerprint density at radius 2 is 1.87 bits per heavy atom. The van der Waals surface area contributed by atoms with Crippen molar-refractivity contribution in [1.82, 2.24) is 25.2 Å². The van der Waals surface area contributed by atoms with Gasteiger partial charge in [0.15, 0.2) is 5.82 Å². The molecule has 3 atom stereocenters. The maximum absolute atomic E-state index is 16.7. The fourth-order valence-electron chi connectivity index (χ4n) is 6.89. The van der Waals surface area contributed by atoms with E-state index in [4.69, 9.17) is 20.2 Å². The van der Waals surface area contributed by atoms with Crippen LogP contribution in [0, 0.1) is 24.0 Å². The molecule has 0 unspecified atom stereocenters. The van der Waals surface area contributed by atoms with E-state index in [1.54, 1.807) is 6.92 Å². The Bertz CT molecular complexity index is 1690. The summed E-state index contributed by atoms with van der Waals surface area (Å²) >= 11 is 0. The highest BCUT2D eigenvalue weighted by Crippen LogP contribution is 2.49. The molecule has 5 heterocycles. The minimum absolute atomic E-state index is 0.0848. The van der Waals surface area contributed by atoms with Crippen molar-refractivity contribution in [3.05, 3.63) is 28.8 Å². The number of nitrogens with two attached hydrogens (primary N) is 1. The van der Waals surface area contributed by atoms with Crippen molar-refractivity contribution in [3.63, 3.8) is 0 Å². The van der Waals surface area contributed by atoms with Gasteiger partial charge in [0.05, 0.1) is 23.9 Å². The highest BCUT2D eigenvalue weighted by atomic mass is 19.4. The fraction of sp³-hybridized carbons (Fsp3) is 0.581. The van der Waals surface area contributed by atoms with Crippen LogP contribution >= 0.6 is 0 Å². The first-order chi connectivity index (χ1) is 21.8. The Balaban J connectivity index is 1.39. The van der Waals surface area contributed by atoms with Crippen LogP contribution in [0.2, 0.25) is 0 Å². The number of aromatic nitrogens is 3. The molecule has 3 N–H and O–H groups in total. The van der Waals surface area contributed by atoms with Crippen LogP contribution in [-0.2, 0) is 6.18 Å². The quantitative estimate of drug-likeness (QED) is 0.269. The summed E-state index contributed by atoms with van der Waals surface area (Å²) in [4.78, 5) is 17.4. The topological polar surface area (TPSA) is 102 Å². The van der Waals surface area contributed by atoms with Gasteiger partial charge >= 0.3 is 12.2 Å². The predicted octanol–water partition coefficient (Wildman–Crippen LogP) is 5.03. The lowest BCUT2D eigenvalue weighted by atomic mass is 9.96. The van der Waals surface area contributed by atoms with E-state index >= 15 is 4.39 Å². The molecule has 3 aliphatic heterocycles. The van der Waals surface area contributed by atoms with E-state index in [2.05, 4.69) is 15.3 Å². The van der Waals surface area contributed by atoms with Crippen molar-refractivity contribution < 1.29 is 35.8 Å². The fourth-order valence-corrected chi connectivity index (χ4v) is 6.89. The largest absolute Gasteiger partial charge is 0.472 e. The lowest BCUT2D eigenvalue weighted by Gasteiger charge is -2.42. The molecule has 1 aromatic carbocycles. The summed E-state index contributed by atoms with van der Waals surface area (Å²) in [5, 5.41) is 3.59. The zero-order chi connectivity index (χ0) is 32.7. The molecular formula is C31H35F6N7O2. The van der Waals surface area contributed by atoms with Crippen LogP contribution in [0.4, 0.5) is 37.8 Å². The van der Waals surface area contributed by atoms with E-state index in [0.29, 0.717) is 38.5 Å². The van der Waals surface area contributed by atoms with Crippen molar-refractivity contribution in [2.75, 3.05) is 50.0 Å². The number of fused-ring (bicyclic) bond motifs is 2. The highest BCUT2D eigenvalue weighted by molar-refractivity contribution is 5.97. The number of nitrogens with zero attached hydrogens (tertiary/aromatic N) is 5. The minimum Gasteiger partial charge on any atom is -0.472 e. The van der Waals surface area contributed by atoms with E-state index < -0.39 is 58.2 Å². The van der Waals surface area contributed by atoms with E-state index in [1.807, 2.05) is 16.7 Å². The van der Waals surface area contributed by atoms with Gasteiger partial charge in [0.2, 0.25) is 5.88 Å². The lowest BCUT2D eigenvalue weighted by molar-refractivity contribution is -0.137. The van der Waals surface area contributed by atoms with Gasteiger partial charge in [0.25, 0.3) is 0 Å². The molecule has 9 nitrogen and oxygen atoms in total. The van der Waals surface area contributed by atoms with Gasteiger partial charge in [0.1, 0.15) is 40.5 Å². The van der Waals surface area contributed by atoms with Crippen LogP contribution in [0.25, 0.3) is 22.2 Å². The van der Waals surface area contributed by atoms with Gasteiger partial charge in [0, 0.05) is 49.7 Å². The summed E-state index contributed by atoms with van der Waals surface area (Å²) in [6.45, 7) is 7.38. The Morgan fingerprint density at radius 1 is 1.13 bits per heavy atom. The minimum atomic E-state index is -5.05. The molecule has 3 fully saturated rings. The molecule has 1 aliphatic carbocycles. The molecule has 15 heteroatoms. The van der Waals surface area contributed by atoms with Crippen molar-refractivity contribution in [3.8, 4) is 23.1 Å². The first-order valence-corrected chi connectivity index (χ1v) is 15.5. The molecule has 3 aromatic rings. The second-order valence-electron chi connectivity index (χ2n) is 13.1. The predicted molar refractivity (Wildman–Crippen MR) is 159 cm³/mol. The van der Waals surface area contributed by atoms with Crippen LogP contribution in [-0.4, -0.2) is 83.5 Å². The number of likely N-dealkylation sites (tertiary alicyclic amines) is 1. The van der Waals surface area contributed by atoms with Crippen LogP contribution in [0.3, 0.4) is 0 Å². The molecule has 2 aromatic heterocycles. The van der Waals surface area contributed by atoms with E-state index in [-0.39, 0.29) is 46.9 Å². The molecule has 0 amide bonds. The average Bonchev–Trinajstić information content (AvgIpc) is 3.78. The lowest BCUT2D eigenvalue weighted by Crippen LogP contribution is -2.60. The van der Waals surface area contributed by atoms with E-state index in [0.717, 1.165) is 32.3 Å². The molecule has 46 heavy (non-hydrogen) atoms. The number of hydrogen-bond acceptors (Lipinski definition) is 9. The van der Waals surface area contributed by atoms with Crippen molar-refractivity contribution >= 4 is 22.4 Å². The molecule has 4 aliphatic rings. The molecule has 7 rings (SSSR count). The zero-order valence-electron chi connectivity index (χ0n) is 25.6. The number of hydrogen-bond donors (Lipinski definition) is 2. The number of anilines is 2. The number of rotatable bonds is 7. The number of halogens is 6. The van der Waals surface area contributed by atoms with Crippen LogP contribution in [0.5, 0.6) is 11.9 Å². The Hall–Kier alpha value is -3.59. The number of piperazine rings is 1. The first-order valence-electron chi connectivity index (χ1n) is 15.5. The van der Waals surface area contributed by atoms with Gasteiger partial charge in [-0.05, 0) is 44.7 Å². The van der Waals surface area contributed by atoms with Gasteiger partial charge in [-0.3, -0.25) is 4.90 Å². The second-order valence-corrected chi connectivity index (χ2v) is 13.1. The molecule has 0 spiro atoms. The number of nitrogens with one attached hydrogen (secondary N) is 1. The summed E-state index contributed by atoms with van der Waals surface area (Å²) in [5.41, 5.74) is 0.990. The summed E-state index contributed by atoms with van der Waals surface area (Å²) in [5.74, 6) is -2.25. The van der Waals surface area contributed by atoms with Crippen LogP contribution in [0.1, 0.15) is 44.2 Å². The third-order valence-corrected chi connectivity index (χ3v) is 9.75. The molecule has 1 saturated carbocycles. The normalized spacial score (nSPS) is 24.3. The van der Waals surface area contributed by atoms with Crippen LogP contribution in [0.15, 0.2) is 6.07 Å². The average molecular weight is 652 g/mol. The molecule has 0 bridgehead atoms. The number of pyridine rings is 1.